The van der Waals surface area contributed by atoms with E-state index in [0.717, 1.165) is 24.2 Å². The summed E-state index contributed by atoms with van der Waals surface area (Å²) in [7, 11) is 0. The molecular formula is C12H10F3N3S. The van der Waals surface area contributed by atoms with Crippen molar-refractivity contribution in [1.29, 1.82) is 0 Å². The molecule has 0 atom stereocenters. The lowest BCUT2D eigenvalue weighted by atomic mass is 10.2. The fourth-order valence-corrected chi connectivity index (χ4v) is 2.20. The monoisotopic (exact) mass is 285 g/mol. The van der Waals surface area contributed by atoms with Crippen LogP contribution in [0.3, 0.4) is 0 Å². The third-order valence-corrected chi connectivity index (χ3v) is 3.16. The summed E-state index contributed by atoms with van der Waals surface area (Å²) in [5, 5.41) is 0.142. The number of aryl methyl sites for hydroxylation is 1. The zero-order chi connectivity index (χ0) is 13.7. The molecule has 0 amide bonds. The summed E-state index contributed by atoms with van der Waals surface area (Å²) >= 11 is 1.20. The molecule has 100 valence electrons. The van der Waals surface area contributed by atoms with E-state index < -0.39 is 11.9 Å². The van der Waals surface area contributed by atoms with Crippen LogP contribution in [-0.4, -0.2) is 20.7 Å². The van der Waals surface area contributed by atoms with Crippen molar-refractivity contribution < 1.29 is 13.2 Å². The van der Waals surface area contributed by atoms with Gasteiger partial charge in [0.25, 0.3) is 0 Å². The van der Waals surface area contributed by atoms with Crippen molar-refractivity contribution >= 4 is 11.8 Å². The first kappa shape index (κ1) is 13.8. The van der Waals surface area contributed by atoms with Gasteiger partial charge in [0.05, 0.1) is 0 Å². The molecular weight excluding hydrogens is 275 g/mol. The molecule has 2 aromatic rings. The quantitative estimate of drug-likeness (QED) is 0.638. The number of hydrogen-bond acceptors (Lipinski definition) is 4. The van der Waals surface area contributed by atoms with Gasteiger partial charge in [-0.25, -0.2) is 9.97 Å². The highest BCUT2D eigenvalue weighted by molar-refractivity contribution is 7.99. The molecule has 0 aromatic carbocycles. The van der Waals surface area contributed by atoms with E-state index in [4.69, 9.17) is 0 Å². The van der Waals surface area contributed by atoms with Crippen LogP contribution < -0.4 is 0 Å². The molecule has 0 radical (unpaired) electrons. The van der Waals surface area contributed by atoms with Crippen LogP contribution >= 0.6 is 11.8 Å². The number of halogens is 3. The normalized spacial score (nSPS) is 11.5. The van der Waals surface area contributed by atoms with Crippen molar-refractivity contribution in [2.45, 2.75) is 17.8 Å². The molecule has 2 aromatic heterocycles. The molecule has 0 saturated carbocycles. The zero-order valence-corrected chi connectivity index (χ0v) is 10.6. The number of hydrogen-bond donors (Lipinski definition) is 0. The molecule has 7 heteroatoms. The highest BCUT2D eigenvalue weighted by Gasteiger charge is 2.32. The second kappa shape index (κ2) is 6.01. The lowest BCUT2D eigenvalue weighted by Gasteiger charge is -2.06. The number of nitrogens with zero attached hydrogens (tertiary/aromatic N) is 3. The molecule has 0 saturated heterocycles. The summed E-state index contributed by atoms with van der Waals surface area (Å²) in [5.41, 5.74) is 0.170. The second-order valence-corrected chi connectivity index (χ2v) is 4.74. The molecule has 19 heavy (non-hydrogen) atoms. The highest BCUT2D eigenvalue weighted by atomic mass is 32.2. The summed E-state index contributed by atoms with van der Waals surface area (Å²) < 4.78 is 37.3. The van der Waals surface area contributed by atoms with E-state index in [-0.39, 0.29) is 5.16 Å². The van der Waals surface area contributed by atoms with Gasteiger partial charge in [-0.2, -0.15) is 13.2 Å². The average molecular weight is 285 g/mol. The van der Waals surface area contributed by atoms with Crippen LogP contribution in [0.2, 0.25) is 0 Å². The number of alkyl halides is 3. The first-order chi connectivity index (χ1) is 9.05. The van der Waals surface area contributed by atoms with Crippen molar-refractivity contribution in [3.63, 3.8) is 0 Å². The molecule has 0 N–H and O–H groups in total. The maximum Gasteiger partial charge on any atom is 0.433 e. The third kappa shape index (κ3) is 4.20. The predicted octanol–water partition coefficient (Wildman–Crippen LogP) is 3.23. The number of thioether (sulfide) groups is 1. The van der Waals surface area contributed by atoms with Gasteiger partial charge in [0.1, 0.15) is 5.69 Å². The van der Waals surface area contributed by atoms with E-state index in [9.17, 15) is 13.2 Å². The first-order valence-electron chi connectivity index (χ1n) is 5.47. The van der Waals surface area contributed by atoms with Gasteiger partial charge < -0.3 is 0 Å². The van der Waals surface area contributed by atoms with E-state index in [1.54, 1.807) is 12.4 Å². The van der Waals surface area contributed by atoms with E-state index in [1.165, 1.54) is 11.8 Å². The average Bonchev–Trinajstić information content (AvgIpc) is 2.39. The molecule has 0 unspecified atom stereocenters. The third-order valence-electron chi connectivity index (χ3n) is 2.30. The Morgan fingerprint density at radius 2 is 1.79 bits per heavy atom. The van der Waals surface area contributed by atoms with Gasteiger partial charge in [0.15, 0.2) is 5.16 Å². The van der Waals surface area contributed by atoms with Gasteiger partial charge in [-0.3, -0.25) is 4.98 Å². The topological polar surface area (TPSA) is 38.7 Å². The molecule has 0 aliphatic carbocycles. The minimum atomic E-state index is -4.43. The Labute approximate surface area is 112 Å². The highest BCUT2D eigenvalue weighted by Crippen LogP contribution is 2.28. The fraction of sp³-hybridized carbons (Fsp3) is 0.250. The first-order valence-corrected chi connectivity index (χ1v) is 6.46. The molecule has 0 aliphatic heterocycles. The van der Waals surface area contributed by atoms with Gasteiger partial charge in [0, 0.05) is 24.3 Å². The lowest BCUT2D eigenvalue weighted by molar-refractivity contribution is -0.141. The van der Waals surface area contributed by atoms with Crippen molar-refractivity contribution in [1.82, 2.24) is 15.0 Å². The van der Waals surface area contributed by atoms with E-state index >= 15 is 0 Å². The van der Waals surface area contributed by atoms with Crippen molar-refractivity contribution in [2.24, 2.45) is 0 Å². The second-order valence-electron chi connectivity index (χ2n) is 3.68. The van der Waals surface area contributed by atoms with Crippen LogP contribution in [0.1, 0.15) is 11.3 Å². The molecule has 3 nitrogen and oxygen atoms in total. The number of aromatic nitrogens is 3. The SMILES string of the molecule is FC(F)(F)c1ccnc(SCCc2ccncc2)n1. The van der Waals surface area contributed by atoms with Crippen LogP contribution in [0.25, 0.3) is 0 Å². The maximum absolute atomic E-state index is 12.4. The van der Waals surface area contributed by atoms with E-state index in [1.807, 2.05) is 12.1 Å². The lowest BCUT2D eigenvalue weighted by Crippen LogP contribution is -2.08. The summed E-state index contributed by atoms with van der Waals surface area (Å²) in [6.45, 7) is 0. The van der Waals surface area contributed by atoms with Crippen LogP contribution in [0.4, 0.5) is 13.2 Å². The molecule has 0 bridgehead atoms. The summed E-state index contributed by atoms with van der Waals surface area (Å²) in [6, 6.07) is 4.61. The molecule has 0 fully saturated rings. The minimum absolute atomic E-state index is 0.142. The summed E-state index contributed by atoms with van der Waals surface area (Å²) in [6.07, 6.45) is 0.794. The summed E-state index contributed by atoms with van der Waals surface area (Å²) in [4.78, 5) is 11.2. The standard InChI is InChI=1S/C12H10F3N3S/c13-12(14,15)10-3-7-17-11(18-10)19-8-4-9-1-5-16-6-2-9/h1-3,5-7H,4,8H2. The van der Waals surface area contributed by atoms with E-state index in [0.29, 0.717) is 5.75 Å². The number of rotatable bonds is 4. The summed E-state index contributed by atoms with van der Waals surface area (Å²) in [5.74, 6) is 0.616. The molecule has 0 spiro atoms. The molecule has 0 aliphatic rings. The minimum Gasteiger partial charge on any atom is -0.265 e. The Morgan fingerprint density at radius 1 is 1.05 bits per heavy atom. The Morgan fingerprint density at radius 3 is 2.47 bits per heavy atom. The van der Waals surface area contributed by atoms with Crippen LogP contribution in [0, 0.1) is 0 Å². The Bertz CT molecular complexity index is 531. The zero-order valence-electron chi connectivity index (χ0n) is 9.76. The van der Waals surface area contributed by atoms with Crippen LogP contribution in [0.15, 0.2) is 41.9 Å². The van der Waals surface area contributed by atoms with Gasteiger partial charge >= 0.3 is 6.18 Å². The fourth-order valence-electron chi connectivity index (χ4n) is 1.38. The van der Waals surface area contributed by atoms with Gasteiger partial charge in [-0.15, -0.1) is 0 Å². The number of pyridine rings is 1. The van der Waals surface area contributed by atoms with Crippen LogP contribution in [-0.2, 0) is 12.6 Å². The van der Waals surface area contributed by atoms with Crippen molar-refractivity contribution in [3.8, 4) is 0 Å². The van der Waals surface area contributed by atoms with E-state index in [2.05, 4.69) is 15.0 Å². The van der Waals surface area contributed by atoms with Crippen molar-refractivity contribution in [2.75, 3.05) is 5.75 Å². The van der Waals surface area contributed by atoms with Crippen molar-refractivity contribution in [3.05, 3.63) is 48.0 Å². The predicted molar refractivity (Wildman–Crippen MR) is 65.7 cm³/mol. The van der Waals surface area contributed by atoms with Crippen LogP contribution in [0.5, 0.6) is 0 Å². The Balaban J connectivity index is 1.93. The van der Waals surface area contributed by atoms with Gasteiger partial charge in [-0.05, 0) is 30.2 Å². The Kier molecular flexibility index (Phi) is 4.36. The smallest absolute Gasteiger partial charge is 0.265 e. The Hall–Kier alpha value is -1.63. The maximum atomic E-state index is 12.4. The molecule has 2 heterocycles. The van der Waals surface area contributed by atoms with Gasteiger partial charge in [-0.1, -0.05) is 11.8 Å². The molecule has 2 rings (SSSR count). The van der Waals surface area contributed by atoms with Gasteiger partial charge in [0.2, 0.25) is 0 Å². The largest absolute Gasteiger partial charge is 0.433 e.